The van der Waals surface area contributed by atoms with Gasteiger partial charge in [-0.3, -0.25) is 9.59 Å². The maximum atomic E-state index is 13.1. The summed E-state index contributed by atoms with van der Waals surface area (Å²) in [5.74, 6) is 0.594. The number of carbonyl (C=O) groups excluding carboxylic acids is 2. The summed E-state index contributed by atoms with van der Waals surface area (Å²) in [6.07, 6.45) is 0.816. The molecule has 0 aliphatic heterocycles. The molecule has 5 nitrogen and oxygen atoms in total. The summed E-state index contributed by atoms with van der Waals surface area (Å²) < 4.78 is 5.73. The smallest absolute Gasteiger partial charge is 0.261 e. The number of hydrogen-bond donors (Lipinski definition) is 1. The SMILES string of the molecule is CC[C@@H](C)NC(=O)[C@H](C)N(Cc1cccc(Cl)c1)C(=O)COc1ccc(C(C)C)cc1. The minimum atomic E-state index is -0.646. The summed E-state index contributed by atoms with van der Waals surface area (Å²) in [6, 6.07) is 14.4. The molecule has 0 aliphatic rings. The van der Waals surface area contributed by atoms with Crippen molar-refractivity contribution in [3.63, 3.8) is 0 Å². The lowest BCUT2D eigenvalue weighted by Gasteiger charge is -2.29. The van der Waals surface area contributed by atoms with Crippen molar-refractivity contribution in [2.24, 2.45) is 0 Å². The van der Waals surface area contributed by atoms with E-state index in [1.165, 1.54) is 10.5 Å². The first-order valence-electron chi connectivity index (χ1n) is 10.8. The van der Waals surface area contributed by atoms with Gasteiger partial charge in [0.05, 0.1) is 0 Å². The van der Waals surface area contributed by atoms with Gasteiger partial charge < -0.3 is 15.0 Å². The minimum absolute atomic E-state index is 0.0359. The number of nitrogens with zero attached hydrogens (tertiary/aromatic N) is 1. The third-order valence-corrected chi connectivity index (χ3v) is 5.55. The quantitative estimate of drug-likeness (QED) is 0.549. The summed E-state index contributed by atoms with van der Waals surface area (Å²) in [6.45, 7) is 10.0. The Morgan fingerprint density at radius 1 is 1.06 bits per heavy atom. The van der Waals surface area contributed by atoms with Gasteiger partial charge in [0.1, 0.15) is 11.8 Å². The topological polar surface area (TPSA) is 58.6 Å². The van der Waals surface area contributed by atoms with Crippen LogP contribution < -0.4 is 10.1 Å². The van der Waals surface area contributed by atoms with Crippen LogP contribution >= 0.6 is 11.6 Å². The molecule has 0 bridgehead atoms. The zero-order valence-electron chi connectivity index (χ0n) is 19.0. The second kappa shape index (κ2) is 11.8. The van der Waals surface area contributed by atoms with Crippen LogP contribution in [-0.2, 0) is 16.1 Å². The van der Waals surface area contributed by atoms with E-state index in [0.717, 1.165) is 12.0 Å². The normalized spacial score (nSPS) is 12.9. The number of hydrogen-bond acceptors (Lipinski definition) is 3. The van der Waals surface area contributed by atoms with Crippen molar-refractivity contribution >= 4 is 23.4 Å². The lowest BCUT2D eigenvalue weighted by atomic mass is 10.0. The van der Waals surface area contributed by atoms with Gasteiger partial charge in [0.15, 0.2) is 6.61 Å². The zero-order chi connectivity index (χ0) is 23.0. The van der Waals surface area contributed by atoms with Crippen LogP contribution in [0.1, 0.15) is 58.1 Å². The molecule has 0 fully saturated rings. The lowest BCUT2D eigenvalue weighted by molar-refractivity contribution is -0.142. The van der Waals surface area contributed by atoms with E-state index < -0.39 is 6.04 Å². The molecule has 0 unspecified atom stereocenters. The van der Waals surface area contributed by atoms with E-state index in [4.69, 9.17) is 16.3 Å². The maximum absolute atomic E-state index is 13.1. The van der Waals surface area contributed by atoms with Crippen molar-refractivity contribution < 1.29 is 14.3 Å². The molecule has 2 amide bonds. The highest BCUT2D eigenvalue weighted by Gasteiger charge is 2.27. The van der Waals surface area contributed by atoms with E-state index in [9.17, 15) is 9.59 Å². The van der Waals surface area contributed by atoms with Gasteiger partial charge in [0.2, 0.25) is 5.91 Å². The Labute approximate surface area is 190 Å². The number of ether oxygens (including phenoxy) is 1. The van der Waals surface area contributed by atoms with Gasteiger partial charge >= 0.3 is 0 Å². The molecule has 2 atom stereocenters. The van der Waals surface area contributed by atoms with Crippen molar-refractivity contribution in [3.05, 3.63) is 64.7 Å². The first kappa shape index (κ1) is 24.7. The first-order chi connectivity index (χ1) is 14.7. The predicted molar refractivity (Wildman–Crippen MR) is 125 cm³/mol. The first-order valence-corrected chi connectivity index (χ1v) is 11.2. The van der Waals surface area contributed by atoms with Crippen LogP contribution in [0.5, 0.6) is 5.75 Å². The van der Waals surface area contributed by atoms with Gasteiger partial charge in [-0.05, 0) is 61.6 Å². The fourth-order valence-electron chi connectivity index (χ4n) is 3.06. The second-order valence-corrected chi connectivity index (χ2v) is 8.59. The lowest BCUT2D eigenvalue weighted by Crippen LogP contribution is -2.50. The highest BCUT2D eigenvalue weighted by atomic mass is 35.5. The van der Waals surface area contributed by atoms with Crippen LogP contribution in [0.3, 0.4) is 0 Å². The van der Waals surface area contributed by atoms with Crippen molar-refractivity contribution in [1.82, 2.24) is 10.2 Å². The van der Waals surface area contributed by atoms with Crippen LogP contribution in [0.25, 0.3) is 0 Å². The van der Waals surface area contributed by atoms with Crippen LogP contribution in [-0.4, -0.2) is 35.4 Å². The highest BCUT2D eigenvalue weighted by molar-refractivity contribution is 6.30. The summed E-state index contributed by atoms with van der Waals surface area (Å²) in [5.41, 5.74) is 2.06. The van der Waals surface area contributed by atoms with E-state index in [1.807, 2.05) is 50.2 Å². The van der Waals surface area contributed by atoms with Crippen LogP contribution in [0, 0.1) is 0 Å². The molecule has 31 heavy (non-hydrogen) atoms. The molecule has 0 aromatic heterocycles. The molecule has 2 aromatic carbocycles. The number of amides is 2. The highest BCUT2D eigenvalue weighted by Crippen LogP contribution is 2.19. The molecule has 0 heterocycles. The van der Waals surface area contributed by atoms with Crippen molar-refractivity contribution in [3.8, 4) is 5.75 Å². The summed E-state index contributed by atoms with van der Waals surface area (Å²) in [4.78, 5) is 27.3. The number of carbonyl (C=O) groups is 2. The minimum Gasteiger partial charge on any atom is -0.484 e. The van der Waals surface area contributed by atoms with Crippen molar-refractivity contribution in [2.75, 3.05) is 6.61 Å². The van der Waals surface area contributed by atoms with E-state index in [0.29, 0.717) is 16.7 Å². The molecule has 0 radical (unpaired) electrons. The van der Waals surface area contributed by atoms with Gasteiger partial charge in [-0.1, -0.05) is 56.6 Å². The van der Waals surface area contributed by atoms with Gasteiger partial charge in [0.25, 0.3) is 5.91 Å². The Kier molecular flexibility index (Phi) is 9.38. The molecule has 0 saturated carbocycles. The van der Waals surface area contributed by atoms with Gasteiger partial charge in [-0.2, -0.15) is 0 Å². The third-order valence-electron chi connectivity index (χ3n) is 5.32. The average molecular weight is 445 g/mol. The number of halogens is 1. The summed E-state index contributed by atoms with van der Waals surface area (Å²) >= 11 is 6.11. The fraction of sp³-hybridized carbons (Fsp3) is 0.440. The molecule has 2 rings (SSSR count). The van der Waals surface area contributed by atoms with Crippen LogP contribution in [0.4, 0.5) is 0 Å². The Hall–Kier alpha value is -2.53. The molecule has 0 saturated heterocycles. The molecule has 0 spiro atoms. The maximum Gasteiger partial charge on any atom is 0.261 e. The molecule has 0 aliphatic carbocycles. The second-order valence-electron chi connectivity index (χ2n) is 8.16. The molecule has 1 N–H and O–H groups in total. The molecule has 6 heteroatoms. The van der Waals surface area contributed by atoms with Crippen molar-refractivity contribution in [2.45, 2.75) is 65.6 Å². The zero-order valence-corrected chi connectivity index (χ0v) is 19.8. The van der Waals surface area contributed by atoms with Crippen LogP contribution in [0.2, 0.25) is 5.02 Å². The number of rotatable bonds is 10. The Bertz CT molecular complexity index is 867. The van der Waals surface area contributed by atoms with Gasteiger partial charge in [0, 0.05) is 17.6 Å². The molecule has 168 valence electrons. The molecule has 2 aromatic rings. The summed E-state index contributed by atoms with van der Waals surface area (Å²) in [7, 11) is 0. The van der Waals surface area contributed by atoms with E-state index in [1.54, 1.807) is 19.1 Å². The van der Waals surface area contributed by atoms with E-state index >= 15 is 0 Å². The van der Waals surface area contributed by atoms with E-state index in [2.05, 4.69) is 19.2 Å². The Morgan fingerprint density at radius 2 is 1.74 bits per heavy atom. The number of benzene rings is 2. The standard InChI is InChI=1S/C25H33ClN2O3/c1-6-18(4)27-25(30)19(5)28(15-20-8-7-9-22(26)14-20)24(29)16-31-23-12-10-21(11-13-23)17(2)3/h7-14,17-19H,6,15-16H2,1-5H3,(H,27,30)/t18-,19+/m1/s1. The van der Waals surface area contributed by atoms with Crippen LogP contribution in [0.15, 0.2) is 48.5 Å². The third kappa shape index (κ3) is 7.59. The summed E-state index contributed by atoms with van der Waals surface area (Å²) in [5, 5.41) is 3.54. The van der Waals surface area contributed by atoms with Gasteiger partial charge in [-0.15, -0.1) is 0 Å². The van der Waals surface area contributed by atoms with E-state index in [-0.39, 0.29) is 31.0 Å². The Balaban J connectivity index is 2.13. The van der Waals surface area contributed by atoms with Gasteiger partial charge in [-0.25, -0.2) is 0 Å². The largest absolute Gasteiger partial charge is 0.484 e. The predicted octanol–water partition coefficient (Wildman–Crippen LogP) is 5.17. The monoisotopic (exact) mass is 444 g/mol. The van der Waals surface area contributed by atoms with Crippen molar-refractivity contribution in [1.29, 1.82) is 0 Å². The Morgan fingerprint density at radius 3 is 2.32 bits per heavy atom. The average Bonchev–Trinajstić information content (AvgIpc) is 2.75. The number of nitrogens with one attached hydrogen (secondary N) is 1. The molecular formula is C25H33ClN2O3. The molecular weight excluding hydrogens is 412 g/mol. The fourth-order valence-corrected chi connectivity index (χ4v) is 3.27.